The predicted molar refractivity (Wildman–Crippen MR) is 89.4 cm³/mol. The van der Waals surface area contributed by atoms with Crippen LogP contribution in [0.5, 0.6) is 0 Å². The molecule has 0 amide bonds. The third-order valence-corrected chi connectivity index (χ3v) is 4.02. The van der Waals surface area contributed by atoms with Crippen LogP contribution < -0.4 is 0 Å². The van der Waals surface area contributed by atoms with Crippen molar-refractivity contribution in [2.24, 2.45) is 0 Å². The second-order valence-electron chi connectivity index (χ2n) is 5.36. The number of benzene rings is 3. The van der Waals surface area contributed by atoms with E-state index in [1.165, 1.54) is 32.8 Å². The van der Waals surface area contributed by atoms with E-state index >= 15 is 0 Å². The summed E-state index contributed by atoms with van der Waals surface area (Å²) >= 11 is 0. The Balaban J connectivity index is 2.22. The molecule has 0 atom stereocenters. The molecule has 0 bridgehead atoms. The number of hydrogen-bond donors (Lipinski definition) is 0. The summed E-state index contributed by atoms with van der Waals surface area (Å²) in [6.07, 6.45) is 1.97. The lowest BCUT2D eigenvalue weighted by Crippen LogP contribution is -1.88. The van der Waals surface area contributed by atoms with E-state index in [-0.39, 0.29) is 0 Å². The van der Waals surface area contributed by atoms with Crippen molar-refractivity contribution in [1.29, 1.82) is 0 Å². The molecule has 1 aromatic heterocycles. The van der Waals surface area contributed by atoms with Crippen LogP contribution in [0.4, 0.5) is 0 Å². The van der Waals surface area contributed by atoms with Crippen molar-refractivity contribution in [3.63, 3.8) is 0 Å². The summed E-state index contributed by atoms with van der Waals surface area (Å²) in [5.74, 6) is 0. The van der Waals surface area contributed by atoms with E-state index in [4.69, 9.17) is 0 Å². The Morgan fingerprint density at radius 1 is 0.714 bits per heavy atom. The van der Waals surface area contributed by atoms with Gasteiger partial charge in [-0.15, -0.1) is 0 Å². The highest BCUT2D eigenvalue weighted by atomic mass is 14.6. The quantitative estimate of drug-likeness (QED) is 0.424. The fraction of sp³-hybridized carbons (Fsp3) is 0.0500. The van der Waals surface area contributed by atoms with Crippen LogP contribution in [0.3, 0.4) is 0 Å². The molecule has 21 heavy (non-hydrogen) atoms. The van der Waals surface area contributed by atoms with Gasteiger partial charge < -0.3 is 0 Å². The Kier molecular flexibility index (Phi) is 2.71. The van der Waals surface area contributed by atoms with Gasteiger partial charge in [-0.25, -0.2) is 0 Å². The number of nitrogens with zero attached hydrogens (tertiary/aromatic N) is 1. The molecule has 0 saturated heterocycles. The van der Waals surface area contributed by atoms with Gasteiger partial charge in [0.2, 0.25) is 0 Å². The molecule has 0 radical (unpaired) electrons. The minimum atomic E-state index is 1.05. The molecular formula is C20H15N. The fourth-order valence-electron chi connectivity index (χ4n) is 3.05. The van der Waals surface area contributed by atoms with Crippen LogP contribution in [-0.2, 0) is 0 Å². The van der Waals surface area contributed by atoms with Crippen molar-refractivity contribution in [3.8, 4) is 11.1 Å². The Hall–Kier alpha value is -2.67. The van der Waals surface area contributed by atoms with Gasteiger partial charge in [0.25, 0.3) is 0 Å². The largest absolute Gasteiger partial charge is 0.256 e. The Bertz CT molecular complexity index is 940. The molecule has 100 valence electrons. The third kappa shape index (κ3) is 1.90. The van der Waals surface area contributed by atoms with E-state index in [0.717, 1.165) is 5.52 Å². The molecular weight excluding hydrogens is 254 g/mol. The molecule has 0 saturated carbocycles. The van der Waals surface area contributed by atoms with Gasteiger partial charge in [-0.1, -0.05) is 60.7 Å². The smallest absolute Gasteiger partial charge is 0.0714 e. The summed E-state index contributed by atoms with van der Waals surface area (Å²) in [5.41, 5.74) is 4.84. The minimum Gasteiger partial charge on any atom is -0.256 e. The highest BCUT2D eigenvalue weighted by Crippen LogP contribution is 2.34. The van der Waals surface area contributed by atoms with Crippen LogP contribution in [0, 0.1) is 6.92 Å². The zero-order valence-corrected chi connectivity index (χ0v) is 11.9. The van der Waals surface area contributed by atoms with Crippen LogP contribution in [0.15, 0.2) is 72.9 Å². The van der Waals surface area contributed by atoms with Crippen molar-refractivity contribution in [3.05, 3.63) is 78.5 Å². The first-order valence-electron chi connectivity index (χ1n) is 7.17. The Labute approximate surface area is 123 Å². The molecule has 0 N–H and O–H groups in total. The monoisotopic (exact) mass is 269 g/mol. The maximum Gasteiger partial charge on any atom is 0.0714 e. The first-order chi connectivity index (χ1) is 10.3. The molecule has 1 nitrogen and oxygen atoms in total. The highest BCUT2D eigenvalue weighted by Gasteiger charge is 2.09. The van der Waals surface area contributed by atoms with Crippen molar-refractivity contribution < 1.29 is 0 Å². The molecule has 0 aliphatic carbocycles. The molecule has 0 unspecified atom stereocenters. The highest BCUT2D eigenvalue weighted by molar-refractivity contribution is 6.13. The topological polar surface area (TPSA) is 12.9 Å². The average Bonchev–Trinajstić information content (AvgIpc) is 2.55. The van der Waals surface area contributed by atoms with Crippen LogP contribution in [0.2, 0.25) is 0 Å². The van der Waals surface area contributed by atoms with Crippen molar-refractivity contribution in [1.82, 2.24) is 4.98 Å². The average molecular weight is 269 g/mol. The Morgan fingerprint density at radius 3 is 2.38 bits per heavy atom. The summed E-state index contributed by atoms with van der Waals surface area (Å²) in [6, 6.07) is 23.3. The maximum atomic E-state index is 4.64. The molecule has 4 aromatic rings. The minimum absolute atomic E-state index is 1.05. The van der Waals surface area contributed by atoms with Crippen molar-refractivity contribution in [2.45, 2.75) is 6.92 Å². The van der Waals surface area contributed by atoms with Gasteiger partial charge in [-0.2, -0.15) is 0 Å². The first kappa shape index (κ1) is 12.1. The number of pyridine rings is 1. The summed E-state index contributed by atoms with van der Waals surface area (Å²) in [5, 5.41) is 3.76. The van der Waals surface area contributed by atoms with Crippen LogP contribution in [0.1, 0.15) is 5.56 Å². The number of aryl methyl sites for hydroxylation is 1. The third-order valence-electron chi connectivity index (χ3n) is 4.02. The van der Waals surface area contributed by atoms with E-state index in [9.17, 15) is 0 Å². The van der Waals surface area contributed by atoms with E-state index < -0.39 is 0 Å². The zero-order chi connectivity index (χ0) is 14.2. The second-order valence-corrected chi connectivity index (χ2v) is 5.36. The number of hydrogen-bond acceptors (Lipinski definition) is 1. The van der Waals surface area contributed by atoms with Gasteiger partial charge in [0.05, 0.1) is 5.52 Å². The summed E-state index contributed by atoms with van der Waals surface area (Å²) in [4.78, 5) is 4.64. The van der Waals surface area contributed by atoms with Crippen LogP contribution in [0.25, 0.3) is 32.8 Å². The first-order valence-corrected chi connectivity index (χ1v) is 7.17. The summed E-state index contributed by atoms with van der Waals surface area (Å²) in [7, 11) is 0. The lowest BCUT2D eigenvalue weighted by molar-refractivity contribution is 1.43. The lowest BCUT2D eigenvalue weighted by atomic mass is 9.95. The van der Waals surface area contributed by atoms with E-state index in [1.807, 2.05) is 6.20 Å². The lowest BCUT2D eigenvalue weighted by Gasteiger charge is -2.11. The van der Waals surface area contributed by atoms with E-state index in [1.54, 1.807) is 0 Å². The van der Waals surface area contributed by atoms with Gasteiger partial charge >= 0.3 is 0 Å². The normalized spacial score (nSPS) is 11.1. The zero-order valence-electron chi connectivity index (χ0n) is 11.9. The van der Waals surface area contributed by atoms with Crippen LogP contribution >= 0.6 is 0 Å². The maximum absolute atomic E-state index is 4.64. The second kappa shape index (κ2) is 4.71. The van der Waals surface area contributed by atoms with Crippen molar-refractivity contribution >= 4 is 21.7 Å². The number of fused-ring (bicyclic) bond motifs is 3. The summed E-state index contributed by atoms with van der Waals surface area (Å²) in [6.45, 7) is 2.17. The predicted octanol–water partition coefficient (Wildman–Crippen LogP) is 5.36. The molecule has 1 heterocycles. The Morgan fingerprint density at radius 2 is 1.52 bits per heavy atom. The standard InChI is InChI=1S/C20H15N/c1-14-7-5-10-16-13-21-18-12-6-11-17(20(18)19(14)16)15-8-3-2-4-9-15/h2-13H,1H3. The number of aromatic nitrogens is 1. The van der Waals surface area contributed by atoms with E-state index in [2.05, 4.69) is 78.6 Å². The van der Waals surface area contributed by atoms with Gasteiger partial charge in [-0.3, -0.25) is 4.98 Å². The molecule has 0 aliphatic rings. The molecule has 0 fully saturated rings. The summed E-state index contributed by atoms with van der Waals surface area (Å²) < 4.78 is 0. The van der Waals surface area contributed by atoms with Gasteiger partial charge in [0, 0.05) is 17.0 Å². The molecule has 0 aliphatic heterocycles. The van der Waals surface area contributed by atoms with Crippen molar-refractivity contribution in [2.75, 3.05) is 0 Å². The van der Waals surface area contributed by atoms with Crippen LogP contribution in [-0.4, -0.2) is 4.98 Å². The number of rotatable bonds is 1. The van der Waals surface area contributed by atoms with Gasteiger partial charge in [-0.05, 0) is 35.1 Å². The molecule has 0 spiro atoms. The fourth-order valence-corrected chi connectivity index (χ4v) is 3.05. The molecule has 1 heteroatoms. The molecule has 4 rings (SSSR count). The van der Waals surface area contributed by atoms with Gasteiger partial charge in [0.1, 0.15) is 0 Å². The molecule has 3 aromatic carbocycles. The van der Waals surface area contributed by atoms with E-state index in [0.29, 0.717) is 0 Å². The van der Waals surface area contributed by atoms with Gasteiger partial charge in [0.15, 0.2) is 0 Å². The SMILES string of the molecule is Cc1cccc2cnc3cccc(-c4ccccc4)c3c12.